The van der Waals surface area contributed by atoms with Gasteiger partial charge in [0.1, 0.15) is 0 Å². The number of pyridine rings is 1. The lowest BCUT2D eigenvalue weighted by atomic mass is 9.98. The minimum absolute atomic E-state index is 0.0352. The predicted molar refractivity (Wildman–Crippen MR) is 97.6 cm³/mol. The molecule has 0 aromatic carbocycles. The van der Waals surface area contributed by atoms with E-state index in [1.54, 1.807) is 11.3 Å². The molecule has 2 aliphatic rings. The Bertz CT molecular complexity index is 735. The molecular formula is C19H25N3O2S. The Labute approximate surface area is 153 Å². The lowest BCUT2D eigenvalue weighted by molar-refractivity contribution is -0.000797. The molecule has 2 aromatic rings. The SMILES string of the molecule is Cc1cccc(CN2CC[C@]3(C[C@H](OCc4csc(C)n4)CO3)C2)n1. The number of likely N-dealkylation sites (tertiary alicyclic amines) is 1. The van der Waals surface area contributed by atoms with Gasteiger partial charge < -0.3 is 9.47 Å². The Hall–Kier alpha value is -1.34. The van der Waals surface area contributed by atoms with Crippen LogP contribution in [0.5, 0.6) is 0 Å². The summed E-state index contributed by atoms with van der Waals surface area (Å²) in [6.45, 7) is 8.28. The van der Waals surface area contributed by atoms with Crippen molar-refractivity contribution in [3.63, 3.8) is 0 Å². The summed E-state index contributed by atoms with van der Waals surface area (Å²) in [4.78, 5) is 11.5. The van der Waals surface area contributed by atoms with Gasteiger partial charge in [-0.3, -0.25) is 9.88 Å². The van der Waals surface area contributed by atoms with E-state index in [0.29, 0.717) is 13.2 Å². The third-order valence-electron chi connectivity index (χ3n) is 5.04. The zero-order valence-electron chi connectivity index (χ0n) is 14.9. The lowest BCUT2D eigenvalue weighted by Crippen LogP contribution is -2.33. The van der Waals surface area contributed by atoms with Crippen LogP contribution in [0.2, 0.25) is 0 Å². The van der Waals surface area contributed by atoms with Crippen LogP contribution in [0, 0.1) is 13.8 Å². The van der Waals surface area contributed by atoms with Crippen molar-refractivity contribution in [2.24, 2.45) is 0 Å². The number of aryl methyl sites for hydroxylation is 2. The van der Waals surface area contributed by atoms with E-state index in [-0.39, 0.29) is 11.7 Å². The van der Waals surface area contributed by atoms with Gasteiger partial charge in [-0.05, 0) is 32.4 Å². The molecule has 4 heterocycles. The molecule has 2 aromatic heterocycles. The van der Waals surface area contributed by atoms with E-state index in [1.807, 2.05) is 19.9 Å². The van der Waals surface area contributed by atoms with E-state index < -0.39 is 0 Å². The van der Waals surface area contributed by atoms with Crippen LogP contribution in [-0.2, 0) is 22.6 Å². The first kappa shape index (κ1) is 17.1. The van der Waals surface area contributed by atoms with Crippen LogP contribution >= 0.6 is 11.3 Å². The zero-order chi connectivity index (χ0) is 17.3. The molecule has 6 heteroatoms. The summed E-state index contributed by atoms with van der Waals surface area (Å²) < 4.78 is 12.2. The maximum Gasteiger partial charge on any atom is 0.0901 e. The van der Waals surface area contributed by atoms with Gasteiger partial charge in [0, 0.05) is 37.1 Å². The van der Waals surface area contributed by atoms with E-state index >= 15 is 0 Å². The van der Waals surface area contributed by atoms with E-state index in [4.69, 9.17) is 9.47 Å². The molecule has 0 aliphatic carbocycles. The van der Waals surface area contributed by atoms with Crippen LogP contribution in [0.3, 0.4) is 0 Å². The van der Waals surface area contributed by atoms with Gasteiger partial charge in [0.2, 0.25) is 0 Å². The number of hydrogen-bond donors (Lipinski definition) is 0. The highest BCUT2D eigenvalue weighted by Gasteiger charge is 2.45. The monoisotopic (exact) mass is 359 g/mol. The molecule has 0 bridgehead atoms. The van der Waals surface area contributed by atoms with Gasteiger partial charge in [-0.2, -0.15) is 0 Å². The Morgan fingerprint density at radius 1 is 1.32 bits per heavy atom. The number of rotatable bonds is 5. The highest BCUT2D eigenvalue weighted by molar-refractivity contribution is 7.09. The molecule has 0 amide bonds. The molecule has 0 unspecified atom stereocenters. The van der Waals surface area contributed by atoms with Gasteiger partial charge >= 0.3 is 0 Å². The van der Waals surface area contributed by atoms with Crippen LogP contribution < -0.4 is 0 Å². The van der Waals surface area contributed by atoms with Crippen molar-refractivity contribution in [3.05, 3.63) is 45.7 Å². The molecule has 5 nitrogen and oxygen atoms in total. The fourth-order valence-corrected chi connectivity index (χ4v) is 4.45. The topological polar surface area (TPSA) is 47.5 Å². The van der Waals surface area contributed by atoms with E-state index in [1.165, 1.54) is 0 Å². The second kappa shape index (κ2) is 7.11. The van der Waals surface area contributed by atoms with Gasteiger partial charge in [0.25, 0.3) is 0 Å². The summed E-state index contributed by atoms with van der Waals surface area (Å²) in [6, 6.07) is 6.23. The minimum Gasteiger partial charge on any atom is -0.371 e. The summed E-state index contributed by atoms with van der Waals surface area (Å²) >= 11 is 1.67. The van der Waals surface area contributed by atoms with Gasteiger partial charge in [-0.25, -0.2) is 4.98 Å². The van der Waals surface area contributed by atoms with Gasteiger partial charge in [0.15, 0.2) is 0 Å². The second-order valence-corrected chi connectivity index (χ2v) is 8.28. The van der Waals surface area contributed by atoms with Crippen LogP contribution in [0.15, 0.2) is 23.6 Å². The van der Waals surface area contributed by atoms with E-state index in [0.717, 1.165) is 54.6 Å². The molecule has 0 radical (unpaired) electrons. The zero-order valence-corrected chi connectivity index (χ0v) is 15.7. The molecule has 1 spiro atoms. The van der Waals surface area contributed by atoms with Crippen molar-refractivity contribution in [1.29, 1.82) is 0 Å². The summed E-state index contributed by atoms with van der Waals surface area (Å²) in [7, 11) is 0. The quantitative estimate of drug-likeness (QED) is 0.821. The molecule has 4 rings (SSSR count). The highest BCUT2D eigenvalue weighted by Crippen LogP contribution is 2.36. The standard InChI is InChI=1S/C19H25N3O2S/c1-14-4-3-5-16(20-14)9-22-7-6-19(13-22)8-18(11-24-19)23-10-17-12-25-15(2)21-17/h3-5,12,18H,6-11,13H2,1-2H3/t18-,19-/m0/s1. The Kier molecular flexibility index (Phi) is 4.86. The van der Waals surface area contributed by atoms with Crippen molar-refractivity contribution in [2.45, 2.75) is 51.5 Å². The summed E-state index contributed by atoms with van der Waals surface area (Å²) in [6.07, 6.45) is 2.24. The number of hydrogen-bond acceptors (Lipinski definition) is 6. The molecule has 25 heavy (non-hydrogen) atoms. The maximum absolute atomic E-state index is 6.19. The second-order valence-electron chi connectivity index (χ2n) is 7.22. The number of thiazole rings is 1. The molecular weight excluding hydrogens is 334 g/mol. The smallest absolute Gasteiger partial charge is 0.0901 e. The number of aromatic nitrogens is 2. The summed E-state index contributed by atoms with van der Waals surface area (Å²) in [5.74, 6) is 0. The van der Waals surface area contributed by atoms with Gasteiger partial charge in [-0.1, -0.05) is 6.07 Å². The summed E-state index contributed by atoms with van der Waals surface area (Å²) in [5.41, 5.74) is 3.21. The van der Waals surface area contributed by atoms with Crippen molar-refractivity contribution >= 4 is 11.3 Å². The molecule has 0 N–H and O–H groups in total. The first-order valence-electron chi connectivity index (χ1n) is 8.92. The Balaban J connectivity index is 1.29. The van der Waals surface area contributed by atoms with Crippen LogP contribution in [0.25, 0.3) is 0 Å². The first-order chi connectivity index (χ1) is 12.1. The van der Waals surface area contributed by atoms with Crippen molar-refractivity contribution in [3.8, 4) is 0 Å². The van der Waals surface area contributed by atoms with E-state index in [2.05, 4.69) is 32.4 Å². The minimum atomic E-state index is -0.0352. The normalized spacial score (nSPS) is 26.7. The molecule has 2 atom stereocenters. The van der Waals surface area contributed by atoms with Crippen LogP contribution in [-0.4, -0.2) is 46.3 Å². The van der Waals surface area contributed by atoms with Crippen molar-refractivity contribution < 1.29 is 9.47 Å². The molecule has 2 saturated heterocycles. The summed E-state index contributed by atoms with van der Waals surface area (Å²) in [5, 5.41) is 3.17. The molecule has 134 valence electrons. The average molecular weight is 359 g/mol. The van der Waals surface area contributed by atoms with Crippen LogP contribution in [0.1, 0.15) is 34.9 Å². The van der Waals surface area contributed by atoms with E-state index in [9.17, 15) is 0 Å². The fraction of sp³-hybridized carbons (Fsp3) is 0.579. The molecule has 2 fully saturated rings. The molecule has 2 aliphatic heterocycles. The average Bonchev–Trinajstić information content (AvgIpc) is 3.28. The first-order valence-corrected chi connectivity index (χ1v) is 9.80. The third-order valence-corrected chi connectivity index (χ3v) is 5.86. The third kappa shape index (κ3) is 4.08. The highest BCUT2D eigenvalue weighted by atomic mass is 32.1. The van der Waals surface area contributed by atoms with Crippen LogP contribution in [0.4, 0.5) is 0 Å². The largest absolute Gasteiger partial charge is 0.371 e. The van der Waals surface area contributed by atoms with Gasteiger partial charge in [0.05, 0.1) is 41.3 Å². The Morgan fingerprint density at radius 2 is 2.24 bits per heavy atom. The number of ether oxygens (including phenoxy) is 2. The number of nitrogens with zero attached hydrogens (tertiary/aromatic N) is 3. The van der Waals surface area contributed by atoms with Crippen molar-refractivity contribution in [1.82, 2.24) is 14.9 Å². The van der Waals surface area contributed by atoms with Crippen molar-refractivity contribution in [2.75, 3.05) is 19.7 Å². The van der Waals surface area contributed by atoms with Gasteiger partial charge in [-0.15, -0.1) is 11.3 Å². The Morgan fingerprint density at radius 3 is 3.04 bits per heavy atom. The fourth-order valence-electron chi connectivity index (χ4n) is 3.85. The lowest BCUT2D eigenvalue weighted by Gasteiger charge is -2.23. The maximum atomic E-state index is 6.19. The predicted octanol–water partition coefficient (Wildman–Crippen LogP) is 3.11. The molecule has 0 saturated carbocycles.